The molecule has 0 unspecified atom stereocenters. The van der Waals surface area contributed by atoms with Gasteiger partial charge in [0.15, 0.2) is 0 Å². The zero-order valence-electron chi connectivity index (χ0n) is 10.8. The van der Waals surface area contributed by atoms with E-state index in [1.54, 1.807) is 0 Å². The summed E-state index contributed by atoms with van der Waals surface area (Å²) in [7, 11) is 0. The van der Waals surface area contributed by atoms with E-state index in [1.807, 2.05) is 0 Å². The van der Waals surface area contributed by atoms with Crippen LogP contribution in [0.2, 0.25) is 0 Å². The summed E-state index contributed by atoms with van der Waals surface area (Å²) in [6, 6.07) is 0. The van der Waals surface area contributed by atoms with Gasteiger partial charge in [0.2, 0.25) is 0 Å². The molecule has 3 heteroatoms. The molecule has 96 valence electrons. The van der Waals surface area contributed by atoms with Crippen LogP contribution in [-0.2, 0) is 9.47 Å². The van der Waals surface area contributed by atoms with Crippen LogP contribution in [-0.4, -0.2) is 39.5 Å². The van der Waals surface area contributed by atoms with Gasteiger partial charge in [0, 0.05) is 13.2 Å². The lowest BCUT2D eigenvalue weighted by Crippen LogP contribution is -2.30. The first-order valence-electron chi connectivity index (χ1n) is 6.65. The molecule has 0 aromatic rings. The maximum Gasteiger partial charge on any atom is 0.0700 e. The highest BCUT2D eigenvalue weighted by Crippen LogP contribution is 2.11. The second kappa shape index (κ2) is 8.97. The Morgan fingerprint density at radius 3 is 2.44 bits per heavy atom. The lowest BCUT2D eigenvalue weighted by atomic mass is 9.99. The van der Waals surface area contributed by atoms with Gasteiger partial charge in [-0.2, -0.15) is 0 Å². The van der Waals surface area contributed by atoms with Crippen molar-refractivity contribution >= 4 is 0 Å². The number of piperidine rings is 1. The Morgan fingerprint density at radius 1 is 1.06 bits per heavy atom. The lowest BCUT2D eigenvalue weighted by Gasteiger charge is -2.22. The molecule has 1 aliphatic rings. The molecule has 1 saturated heterocycles. The SMILES string of the molecule is CC(C)CCOCCOCC1CCNCC1. The van der Waals surface area contributed by atoms with Gasteiger partial charge in [-0.15, -0.1) is 0 Å². The molecule has 1 fully saturated rings. The standard InChI is InChI=1S/C13H27NO2/c1-12(2)5-8-15-9-10-16-11-13-3-6-14-7-4-13/h12-14H,3-11H2,1-2H3. The molecule has 0 aromatic carbocycles. The van der Waals surface area contributed by atoms with Gasteiger partial charge in [-0.25, -0.2) is 0 Å². The van der Waals surface area contributed by atoms with E-state index in [1.165, 1.54) is 12.8 Å². The molecule has 16 heavy (non-hydrogen) atoms. The van der Waals surface area contributed by atoms with Crippen molar-refractivity contribution in [2.24, 2.45) is 11.8 Å². The van der Waals surface area contributed by atoms with Crippen molar-refractivity contribution in [1.29, 1.82) is 0 Å². The van der Waals surface area contributed by atoms with E-state index >= 15 is 0 Å². The molecule has 0 atom stereocenters. The lowest BCUT2D eigenvalue weighted by molar-refractivity contribution is 0.0262. The predicted molar refractivity (Wildman–Crippen MR) is 66.7 cm³/mol. The zero-order chi connectivity index (χ0) is 11.6. The number of hydrogen-bond donors (Lipinski definition) is 1. The number of nitrogens with one attached hydrogen (secondary N) is 1. The molecular weight excluding hydrogens is 202 g/mol. The van der Waals surface area contributed by atoms with Gasteiger partial charge in [-0.1, -0.05) is 13.8 Å². The number of ether oxygens (including phenoxy) is 2. The van der Waals surface area contributed by atoms with E-state index in [9.17, 15) is 0 Å². The molecule has 1 N–H and O–H groups in total. The first kappa shape index (κ1) is 13.9. The second-order valence-electron chi connectivity index (χ2n) is 5.06. The zero-order valence-corrected chi connectivity index (χ0v) is 10.8. The van der Waals surface area contributed by atoms with E-state index in [0.717, 1.165) is 57.8 Å². The summed E-state index contributed by atoms with van der Waals surface area (Å²) in [5, 5.41) is 3.36. The first-order valence-corrected chi connectivity index (χ1v) is 6.65. The minimum Gasteiger partial charge on any atom is -0.379 e. The molecule has 0 saturated carbocycles. The van der Waals surface area contributed by atoms with Gasteiger partial charge in [0.1, 0.15) is 0 Å². The molecule has 0 aromatic heterocycles. The quantitative estimate of drug-likeness (QED) is 0.646. The molecule has 0 amide bonds. The van der Waals surface area contributed by atoms with Crippen LogP contribution < -0.4 is 5.32 Å². The molecular formula is C13H27NO2. The van der Waals surface area contributed by atoms with E-state index < -0.39 is 0 Å². The van der Waals surface area contributed by atoms with Gasteiger partial charge >= 0.3 is 0 Å². The average molecular weight is 229 g/mol. The van der Waals surface area contributed by atoms with Gasteiger partial charge in [0.25, 0.3) is 0 Å². The van der Waals surface area contributed by atoms with Crippen LogP contribution in [0, 0.1) is 11.8 Å². The van der Waals surface area contributed by atoms with Crippen molar-refractivity contribution in [2.45, 2.75) is 33.1 Å². The fourth-order valence-electron chi connectivity index (χ4n) is 1.84. The van der Waals surface area contributed by atoms with Crippen LogP contribution in [0.3, 0.4) is 0 Å². The second-order valence-corrected chi connectivity index (χ2v) is 5.06. The van der Waals surface area contributed by atoms with Crippen LogP contribution >= 0.6 is 0 Å². The third kappa shape index (κ3) is 7.20. The Balaban J connectivity index is 1.80. The molecule has 3 nitrogen and oxygen atoms in total. The topological polar surface area (TPSA) is 30.5 Å². The minimum atomic E-state index is 0.732. The molecule has 0 radical (unpaired) electrons. The fraction of sp³-hybridized carbons (Fsp3) is 1.00. The first-order chi connectivity index (χ1) is 7.79. The molecule has 0 spiro atoms. The molecule has 1 rings (SSSR count). The van der Waals surface area contributed by atoms with Gasteiger partial charge < -0.3 is 14.8 Å². The van der Waals surface area contributed by atoms with Crippen molar-refractivity contribution in [3.8, 4) is 0 Å². The van der Waals surface area contributed by atoms with Crippen LogP contribution in [0.5, 0.6) is 0 Å². The smallest absolute Gasteiger partial charge is 0.0700 e. The summed E-state index contributed by atoms with van der Waals surface area (Å²) >= 11 is 0. The Kier molecular flexibility index (Phi) is 7.81. The Hall–Kier alpha value is -0.120. The largest absolute Gasteiger partial charge is 0.379 e. The van der Waals surface area contributed by atoms with E-state index in [4.69, 9.17) is 9.47 Å². The Morgan fingerprint density at radius 2 is 1.75 bits per heavy atom. The minimum absolute atomic E-state index is 0.732. The van der Waals surface area contributed by atoms with Gasteiger partial charge in [-0.3, -0.25) is 0 Å². The third-order valence-corrected chi connectivity index (χ3v) is 3.02. The van der Waals surface area contributed by atoms with Gasteiger partial charge in [-0.05, 0) is 44.2 Å². The maximum absolute atomic E-state index is 5.63. The van der Waals surface area contributed by atoms with Crippen LogP contribution in [0.1, 0.15) is 33.1 Å². The van der Waals surface area contributed by atoms with Crippen molar-refractivity contribution in [2.75, 3.05) is 39.5 Å². The number of hydrogen-bond acceptors (Lipinski definition) is 3. The van der Waals surface area contributed by atoms with Crippen LogP contribution in [0.15, 0.2) is 0 Å². The van der Waals surface area contributed by atoms with E-state index in [-0.39, 0.29) is 0 Å². The van der Waals surface area contributed by atoms with E-state index in [2.05, 4.69) is 19.2 Å². The fourth-order valence-corrected chi connectivity index (χ4v) is 1.84. The number of rotatable bonds is 8. The summed E-state index contributed by atoms with van der Waals surface area (Å²) in [6.07, 6.45) is 3.66. The summed E-state index contributed by atoms with van der Waals surface area (Å²) in [5.41, 5.74) is 0. The van der Waals surface area contributed by atoms with Crippen LogP contribution in [0.25, 0.3) is 0 Å². The summed E-state index contributed by atoms with van der Waals surface area (Å²) in [4.78, 5) is 0. The third-order valence-electron chi connectivity index (χ3n) is 3.02. The van der Waals surface area contributed by atoms with Crippen molar-refractivity contribution < 1.29 is 9.47 Å². The Bertz CT molecular complexity index is 156. The molecule has 1 heterocycles. The van der Waals surface area contributed by atoms with Crippen molar-refractivity contribution in [3.05, 3.63) is 0 Å². The highest BCUT2D eigenvalue weighted by molar-refractivity contribution is 4.67. The normalized spacial score (nSPS) is 18.2. The summed E-state index contributed by atoms with van der Waals surface area (Å²) in [6.45, 7) is 10.0. The Labute approximate surface area is 99.9 Å². The van der Waals surface area contributed by atoms with E-state index in [0.29, 0.717) is 0 Å². The van der Waals surface area contributed by atoms with Crippen molar-refractivity contribution in [3.63, 3.8) is 0 Å². The average Bonchev–Trinajstić information content (AvgIpc) is 2.29. The monoisotopic (exact) mass is 229 g/mol. The molecule has 1 aliphatic heterocycles. The van der Waals surface area contributed by atoms with Crippen molar-refractivity contribution in [1.82, 2.24) is 5.32 Å². The summed E-state index contributed by atoms with van der Waals surface area (Å²) in [5.74, 6) is 1.49. The maximum atomic E-state index is 5.63. The van der Waals surface area contributed by atoms with Gasteiger partial charge in [0.05, 0.1) is 13.2 Å². The highest BCUT2D eigenvalue weighted by Gasteiger charge is 2.12. The summed E-state index contributed by atoms with van der Waals surface area (Å²) < 4.78 is 11.1. The molecule has 0 bridgehead atoms. The highest BCUT2D eigenvalue weighted by atomic mass is 16.5. The molecule has 0 aliphatic carbocycles. The predicted octanol–water partition coefficient (Wildman–Crippen LogP) is 2.07. The van der Waals surface area contributed by atoms with Crippen LogP contribution in [0.4, 0.5) is 0 Å².